The molecule has 23 heavy (non-hydrogen) atoms. The van der Waals surface area contributed by atoms with E-state index in [0.29, 0.717) is 24.4 Å². The summed E-state index contributed by atoms with van der Waals surface area (Å²) in [5.74, 6) is -0.0968. The van der Waals surface area contributed by atoms with Crippen LogP contribution in [0.2, 0.25) is 5.02 Å². The SMILES string of the molecule is NS(=O)(=O)c1ccc(CCC(=O)NCc2ccccc2Cl)cc1. The Hall–Kier alpha value is -1.89. The van der Waals surface area contributed by atoms with E-state index in [4.69, 9.17) is 16.7 Å². The summed E-state index contributed by atoms with van der Waals surface area (Å²) in [4.78, 5) is 11.9. The van der Waals surface area contributed by atoms with Crippen molar-refractivity contribution in [2.45, 2.75) is 24.3 Å². The van der Waals surface area contributed by atoms with Gasteiger partial charge in [-0.15, -0.1) is 0 Å². The van der Waals surface area contributed by atoms with Gasteiger partial charge in [-0.05, 0) is 35.7 Å². The topological polar surface area (TPSA) is 89.3 Å². The smallest absolute Gasteiger partial charge is 0.238 e. The standard InChI is InChI=1S/C16H17ClN2O3S/c17-15-4-2-1-3-13(15)11-19-16(20)10-7-12-5-8-14(9-6-12)23(18,21)22/h1-6,8-9H,7,10-11H2,(H,19,20)(H2,18,21,22). The normalized spacial score (nSPS) is 11.2. The number of halogens is 1. The second-order valence-corrected chi connectivity index (χ2v) is 7.03. The quantitative estimate of drug-likeness (QED) is 0.835. The first kappa shape index (κ1) is 17.5. The van der Waals surface area contributed by atoms with Gasteiger partial charge < -0.3 is 5.32 Å². The molecule has 0 aliphatic carbocycles. The predicted octanol–water partition coefficient (Wildman–Crippen LogP) is 2.24. The third kappa shape index (κ3) is 5.35. The van der Waals surface area contributed by atoms with Crippen molar-refractivity contribution in [3.8, 4) is 0 Å². The van der Waals surface area contributed by atoms with Crippen LogP contribution in [-0.2, 0) is 27.8 Å². The van der Waals surface area contributed by atoms with E-state index in [1.165, 1.54) is 12.1 Å². The summed E-state index contributed by atoms with van der Waals surface area (Å²) >= 11 is 6.02. The van der Waals surface area contributed by atoms with E-state index < -0.39 is 10.0 Å². The minimum Gasteiger partial charge on any atom is -0.352 e. The molecular formula is C16H17ClN2O3S. The second-order valence-electron chi connectivity index (χ2n) is 5.06. The number of rotatable bonds is 6. The van der Waals surface area contributed by atoms with Crippen molar-refractivity contribution >= 4 is 27.5 Å². The molecule has 3 N–H and O–H groups in total. The third-order valence-electron chi connectivity index (χ3n) is 3.33. The summed E-state index contributed by atoms with van der Waals surface area (Å²) < 4.78 is 22.3. The zero-order valence-corrected chi connectivity index (χ0v) is 13.9. The number of carbonyl (C=O) groups is 1. The molecule has 0 spiro atoms. The summed E-state index contributed by atoms with van der Waals surface area (Å²) in [6.45, 7) is 0.378. The van der Waals surface area contributed by atoms with Crippen LogP contribution in [-0.4, -0.2) is 14.3 Å². The van der Waals surface area contributed by atoms with Crippen LogP contribution in [0.5, 0.6) is 0 Å². The average molecular weight is 353 g/mol. The number of amides is 1. The molecule has 1 amide bonds. The van der Waals surface area contributed by atoms with Crippen molar-refractivity contribution in [1.29, 1.82) is 0 Å². The summed E-state index contributed by atoms with van der Waals surface area (Å²) in [6.07, 6.45) is 0.818. The molecule has 0 heterocycles. The monoisotopic (exact) mass is 352 g/mol. The van der Waals surface area contributed by atoms with Crippen LogP contribution < -0.4 is 10.5 Å². The van der Waals surface area contributed by atoms with Gasteiger partial charge in [0.25, 0.3) is 0 Å². The van der Waals surface area contributed by atoms with Gasteiger partial charge in [0.2, 0.25) is 15.9 Å². The Morgan fingerprint density at radius 1 is 1.09 bits per heavy atom. The molecular weight excluding hydrogens is 336 g/mol. The summed E-state index contributed by atoms with van der Waals surface area (Å²) in [7, 11) is -3.69. The van der Waals surface area contributed by atoms with E-state index in [1.807, 2.05) is 18.2 Å². The van der Waals surface area contributed by atoms with Gasteiger partial charge in [-0.2, -0.15) is 0 Å². The Morgan fingerprint density at radius 3 is 2.35 bits per heavy atom. The lowest BCUT2D eigenvalue weighted by Gasteiger charge is -2.07. The number of benzene rings is 2. The predicted molar refractivity (Wildman–Crippen MR) is 89.4 cm³/mol. The molecule has 7 heteroatoms. The Balaban J connectivity index is 1.84. The maximum absolute atomic E-state index is 11.9. The van der Waals surface area contributed by atoms with E-state index in [-0.39, 0.29) is 10.8 Å². The highest BCUT2D eigenvalue weighted by atomic mass is 35.5. The molecule has 0 bridgehead atoms. The van der Waals surface area contributed by atoms with Crippen LogP contribution in [0.3, 0.4) is 0 Å². The highest BCUT2D eigenvalue weighted by Gasteiger charge is 2.08. The maximum Gasteiger partial charge on any atom is 0.238 e. The van der Waals surface area contributed by atoms with Gasteiger partial charge in [-0.25, -0.2) is 13.6 Å². The van der Waals surface area contributed by atoms with E-state index in [2.05, 4.69) is 5.32 Å². The number of hydrogen-bond acceptors (Lipinski definition) is 3. The van der Waals surface area contributed by atoms with Crippen LogP contribution in [0.15, 0.2) is 53.4 Å². The van der Waals surface area contributed by atoms with Gasteiger partial charge in [-0.1, -0.05) is 41.9 Å². The van der Waals surface area contributed by atoms with E-state index in [9.17, 15) is 13.2 Å². The van der Waals surface area contributed by atoms with Gasteiger partial charge in [0.15, 0.2) is 0 Å². The lowest BCUT2D eigenvalue weighted by atomic mass is 10.1. The molecule has 0 saturated heterocycles. The maximum atomic E-state index is 11.9. The van der Waals surface area contributed by atoms with E-state index in [0.717, 1.165) is 11.1 Å². The van der Waals surface area contributed by atoms with Crippen LogP contribution in [0.25, 0.3) is 0 Å². The first-order chi connectivity index (χ1) is 10.9. The fourth-order valence-electron chi connectivity index (χ4n) is 2.03. The number of nitrogens with two attached hydrogens (primary N) is 1. The van der Waals surface area contributed by atoms with Crippen molar-refractivity contribution in [2.24, 2.45) is 5.14 Å². The highest BCUT2D eigenvalue weighted by molar-refractivity contribution is 7.89. The second kappa shape index (κ2) is 7.59. The molecule has 0 fully saturated rings. The lowest BCUT2D eigenvalue weighted by molar-refractivity contribution is -0.121. The summed E-state index contributed by atoms with van der Waals surface area (Å²) in [5.41, 5.74) is 1.73. The fraction of sp³-hybridized carbons (Fsp3) is 0.188. The molecule has 0 aliphatic heterocycles. The first-order valence-electron chi connectivity index (χ1n) is 6.98. The molecule has 0 aromatic heterocycles. The fourth-order valence-corrected chi connectivity index (χ4v) is 2.75. The number of hydrogen-bond donors (Lipinski definition) is 2. The number of primary sulfonamides is 1. The van der Waals surface area contributed by atoms with Gasteiger partial charge in [0, 0.05) is 18.0 Å². The Kier molecular flexibility index (Phi) is 5.76. The zero-order valence-electron chi connectivity index (χ0n) is 12.3. The van der Waals surface area contributed by atoms with Crippen molar-refractivity contribution < 1.29 is 13.2 Å². The van der Waals surface area contributed by atoms with Crippen LogP contribution in [0.4, 0.5) is 0 Å². The molecule has 5 nitrogen and oxygen atoms in total. The number of nitrogens with one attached hydrogen (secondary N) is 1. The van der Waals surface area contributed by atoms with Gasteiger partial charge >= 0.3 is 0 Å². The van der Waals surface area contributed by atoms with E-state index >= 15 is 0 Å². The highest BCUT2D eigenvalue weighted by Crippen LogP contribution is 2.14. The Morgan fingerprint density at radius 2 is 1.74 bits per heavy atom. The van der Waals surface area contributed by atoms with Gasteiger partial charge in [-0.3, -0.25) is 4.79 Å². The number of sulfonamides is 1. The Labute approximate surface area is 140 Å². The largest absolute Gasteiger partial charge is 0.352 e. The van der Waals surface area contributed by atoms with Gasteiger partial charge in [0.05, 0.1) is 4.90 Å². The molecule has 2 rings (SSSR count). The minimum absolute atomic E-state index is 0.0596. The lowest BCUT2D eigenvalue weighted by Crippen LogP contribution is -2.23. The van der Waals surface area contributed by atoms with Crippen LogP contribution in [0, 0.1) is 0 Å². The zero-order chi connectivity index (χ0) is 16.9. The summed E-state index contributed by atoms with van der Waals surface area (Å²) in [6, 6.07) is 13.5. The molecule has 0 radical (unpaired) electrons. The van der Waals surface area contributed by atoms with Crippen molar-refractivity contribution in [2.75, 3.05) is 0 Å². The molecule has 0 saturated carbocycles. The number of aryl methyl sites for hydroxylation is 1. The average Bonchev–Trinajstić information content (AvgIpc) is 2.51. The third-order valence-corrected chi connectivity index (χ3v) is 4.62. The van der Waals surface area contributed by atoms with Crippen LogP contribution >= 0.6 is 11.6 Å². The molecule has 122 valence electrons. The van der Waals surface area contributed by atoms with Crippen molar-refractivity contribution in [1.82, 2.24) is 5.32 Å². The van der Waals surface area contributed by atoms with Gasteiger partial charge in [0.1, 0.15) is 0 Å². The molecule has 2 aromatic rings. The first-order valence-corrected chi connectivity index (χ1v) is 8.90. The Bertz CT molecular complexity index is 789. The summed E-state index contributed by atoms with van der Waals surface area (Å²) in [5, 5.41) is 8.46. The van der Waals surface area contributed by atoms with Crippen molar-refractivity contribution in [3.05, 3.63) is 64.7 Å². The molecule has 0 aliphatic rings. The van der Waals surface area contributed by atoms with E-state index in [1.54, 1.807) is 18.2 Å². The molecule has 0 atom stereocenters. The number of carbonyl (C=O) groups excluding carboxylic acids is 1. The molecule has 2 aromatic carbocycles. The van der Waals surface area contributed by atoms with Crippen LogP contribution in [0.1, 0.15) is 17.5 Å². The minimum atomic E-state index is -3.69. The van der Waals surface area contributed by atoms with Crippen molar-refractivity contribution in [3.63, 3.8) is 0 Å². The molecule has 0 unspecified atom stereocenters.